The fourth-order valence-corrected chi connectivity index (χ4v) is 0.972. The predicted molar refractivity (Wildman–Crippen MR) is 51.0 cm³/mol. The zero-order valence-corrected chi connectivity index (χ0v) is 7.77. The van der Waals surface area contributed by atoms with E-state index in [1.807, 2.05) is 0 Å². The van der Waals surface area contributed by atoms with E-state index < -0.39 is 0 Å². The maximum Gasteiger partial charge on any atom is 0.192 e. The van der Waals surface area contributed by atoms with E-state index >= 15 is 0 Å². The summed E-state index contributed by atoms with van der Waals surface area (Å²) in [6.45, 7) is 1.71. The Bertz CT molecular complexity index is 336. The molecule has 0 aliphatic heterocycles. The summed E-state index contributed by atoms with van der Waals surface area (Å²) in [4.78, 5) is 20.0. The van der Waals surface area contributed by atoms with Gasteiger partial charge in [0.1, 0.15) is 5.82 Å². The SMILES string of the molecule is Cc1nc(N)c(N=O)c(N(C)C)n1. The molecule has 0 amide bonds. The molecule has 0 aliphatic rings. The Hall–Kier alpha value is -1.72. The van der Waals surface area contributed by atoms with E-state index in [4.69, 9.17) is 5.73 Å². The Kier molecular flexibility index (Phi) is 2.41. The largest absolute Gasteiger partial charge is 0.382 e. The summed E-state index contributed by atoms with van der Waals surface area (Å²) >= 11 is 0. The average molecular weight is 181 g/mol. The van der Waals surface area contributed by atoms with Crippen LogP contribution in [0.1, 0.15) is 5.82 Å². The number of aryl methyl sites for hydroxylation is 1. The Balaban J connectivity index is 3.38. The van der Waals surface area contributed by atoms with E-state index in [-0.39, 0.29) is 11.5 Å². The van der Waals surface area contributed by atoms with Crippen molar-refractivity contribution in [2.24, 2.45) is 5.18 Å². The topological polar surface area (TPSA) is 84.5 Å². The fourth-order valence-electron chi connectivity index (χ4n) is 0.972. The van der Waals surface area contributed by atoms with Gasteiger partial charge in [0.15, 0.2) is 17.3 Å². The lowest BCUT2D eigenvalue weighted by molar-refractivity contribution is 0.991. The van der Waals surface area contributed by atoms with Crippen molar-refractivity contribution in [3.8, 4) is 0 Å². The van der Waals surface area contributed by atoms with E-state index in [0.29, 0.717) is 11.6 Å². The quantitative estimate of drug-likeness (QED) is 0.683. The van der Waals surface area contributed by atoms with Gasteiger partial charge in [-0.2, -0.15) is 0 Å². The number of rotatable bonds is 2. The molecule has 1 rings (SSSR count). The zero-order valence-electron chi connectivity index (χ0n) is 7.77. The summed E-state index contributed by atoms with van der Waals surface area (Å²) < 4.78 is 0. The van der Waals surface area contributed by atoms with Crippen LogP contribution in [-0.2, 0) is 0 Å². The number of nitroso groups, excluding NO2 is 1. The minimum atomic E-state index is 0.0931. The van der Waals surface area contributed by atoms with E-state index in [1.54, 1.807) is 25.9 Å². The predicted octanol–water partition coefficient (Wildman–Crippen LogP) is 0.831. The molecule has 0 bridgehead atoms. The van der Waals surface area contributed by atoms with Crippen LogP contribution in [0.15, 0.2) is 5.18 Å². The molecular formula is C7H11N5O. The first kappa shape index (κ1) is 9.37. The standard InChI is InChI=1S/C7H11N5O/c1-4-9-6(8)5(11-13)7(10-4)12(2)3/h1-3H3,(H2,8,9,10). The molecule has 13 heavy (non-hydrogen) atoms. The van der Waals surface area contributed by atoms with Gasteiger partial charge in [-0.05, 0) is 12.1 Å². The monoisotopic (exact) mass is 181 g/mol. The van der Waals surface area contributed by atoms with E-state index in [0.717, 1.165) is 0 Å². The van der Waals surface area contributed by atoms with Crippen molar-refractivity contribution in [1.82, 2.24) is 9.97 Å². The molecule has 1 aromatic rings. The van der Waals surface area contributed by atoms with Crippen molar-refractivity contribution in [2.75, 3.05) is 24.7 Å². The van der Waals surface area contributed by atoms with Crippen molar-refractivity contribution in [2.45, 2.75) is 6.92 Å². The smallest absolute Gasteiger partial charge is 0.192 e. The summed E-state index contributed by atoms with van der Waals surface area (Å²) in [5.74, 6) is 1.08. The second kappa shape index (κ2) is 3.34. The first-order valence-corrected chi connectivity index (χ1v) is 3.71. The summed E-state index contributed by atoms with van der Waals surface area (Å²) in [6, 6.07) is 0. The minimum Gasteiger partial charge on any atom is -0.382 e. The zero-order chi connectivity index (χ0) is 10.0. The van der Waals surface area contributed by atoms with Gasteiger partial charge in [0.05, 0.1) is 0 Å². The molecule has 0 unspecified atom stereocenters. The van der Waals surface area contributed by atoms with Gasteiger partial charge in [0.2, 0.25) is 0 Å². The van der Waals surface area contributed by atoms with Crippen LogP contribution in [0.3, 0.4) is 0 Å². The van der Waals surface area contributed by atoms with Gasteiger partial charge in [0.25, 0.3) is 0 Å². The van der Waals surface area contributed by atoms with Gasteiger partial charge in [-0.25, -0.2) is 9.97 Å². The van der Waals surface area contributed by atoms with Gasteiger partial charge in [-0.3, -0.25) is 0 Å². The van der Waals surface area contributed by atoms with Gasteiger partial charge in [-0.1, -0.05) is 0 Å². The highest BCUT2D eigenvalue weighted by atomic mass is 16.3. The highest BCUT2D eigenvalue weighted by Gasteiger charge is 2.12. The molecule has 0 atom stereocenters. The van der Waals surface area contributed by atoms with Crippen LogP contribution in [-0.4, -0.2) is 24.1 Å². The van der Waals surface area contributed by atoms with E-state index in [2.05, 4.69) is 15.1 Å². The molecule has 0 spiro atoms. The summed E-state index contributed by atoms with van der Waals surface area (Å²) in [6.07, 6.45) is 0. The number of nitrogen functional groups attached to an aromatic ring is 1. The lowest BCUT2D eigenvalue weighted by Crippen LogP contribution is -2.13. The number of nitrogens with zero attached hydrogens (tertiary/aromatic N) is 4. The molecule has 2 N–H and O–H groups in total. The normalized spacial score (nSPS) is 9.77. The van der Waals surface area contributed by atoms with Crippen LogP contribution in [0.4, 0.5) is 17.3 Å². The molecule has 6 heteroatoms. The summed E-state index contributed by atoms with van der Waals surface area (Å²) in [5, 5.41) is 2.79. The second-order valence-electron chi connectivity index (χ2n) is 2.81. The number of hydrogen-bond acceptors (Lipinski definition) is 6. The van der Waals surface area contributed by atoms with Crippen LogP contribution >= 0.6 is 0 Å². The molecular weight excluding hydrogens is 170 g/mol. The second-order valence-corrected chi connectivity index (χ2v) is 2.81. The Labute approximate surface area is 75.8 Å². The van der Waals surface area contributed by atoms with Crippen molar-refractivity contribution in [3.63, 3.8) is 0 Å². The third kappa shape index (κ3) is 1.71. The van der Waals surface area contributed by atoms with Crippen molar-refractivity contribution < 1.29 is 0 Å². The number of aromatic nitrogens is 2. The Morgan fingerprint density at radius 1 is 1.38 bits per heavy atom. The molecule has 0 saturated carbocycles. The van der Waals surface area contributed by atoms with Crippen LogP contribution < -0.4 is 10.6 Å². The number of nitrogens with two attached hydrogens (primary N) is 1. The number of anilines is 2. The van der Waals surface area contributed by atoms with Crippen molar-refractivity contribution >= 4 is 17.3 Å². The maximum absolute atomic E-state index is 10.4. The highest BCUT2D eigenvalue weighted by molar-refractivity contribution is 5.72. The van der Waals surface area contributed by atoms with Crippen LogP contribution in [0.5, 0.6) is 0 Å². The molecule has 0 fully saturated rings. The molecule has 0 radical (unpaired) electrons. The molecule has 70 valence electrons. The fraction of sp³-hybridized carbons (Fsp3) is 0.429. The third-order valence-corrected chi connectivity index (χ3v) is 1.52. The number of hydrogen-bond donors (Lipinski definition) is 1. The average Bonchev–Trinajstić information content (AvgIpc) is 2.02. The molecule has 0 saturated heterocycles. The minimum absolute atomic E-state index is 0.0931. The van der Waals surface area contributed by atoms with Crippen LogP contribution in [0.25, 0.3) is 0 Å². The maximum atomic E-state index is 10.4. The Morgan fingerprint density at radius 3 is 2.46 bits per heavy atom. The first-order valence-electron chi connectivity index (χ1n) is 3.71. The highest BCUT2D eigenvalue weighted by Crippen LogP contribution is 2.29. The molecule has 1 heterocycles. The van der Waals surface area contributed by atoms with E-state index in [9.17, 15) is 4.91 Å². The van der Waals surface area contributed by atoms with Gasteiger partial charge in [0, 0.05) is 14.1 Å². The van der Waals surface area contributed by atoms with Gasteiger partial charge in [-0.15, -0.1) is 4.91 Å². The molecule has 0 aliphatic carbocycles. The van der Waals surface area contributed by atoms with Crippen molar-refractivity contribution in [3.05, 3.63) is 10.7 Å². The molecule has 1 aromatic heterocycles. The van der Waals surface area contributed by atoms with Gasteiger partial charge >= 0.3 is 0 Å². The van der Waals surface area contributed by atoms with Crippen LogP contribution in [0.2, 0.25) is 0 Å². The lowest BCUT2D eigenvalue weighted by atomic mass is 10.4. The lowest BCUT2D eigenvalue weighted by Gasteiger charge is -2.13. The Morgan fingerprint density at radius 2 is 2.00 bits per heavy atom. The van der Waals surface area contributed by atoms with Gasteiger partial charge < -0.3 is 10.6 Å². The third-order valence-electron chi connectivity index (χ3n) is 1.52. The van der Waals surface area contributed by atoms with E-state index in [1.165, 1.54) is 0 Å². The molecule has 0 aromatic carbocycles. The molecule has 6 nitrogen and oxygen atoms in total. The van der Waals surface area contributed by atoms with Crippen molar-refractivity contribution in [1.29, 1.82) is 0 Å². The summed E-state index contributed by atoms with van der Waals surface area (Å²) in [5.41, 5.74) is 5.59. The first-order chi connectivity index (χ1) is 6.06. The van der Waals surface area contributed by atoms with Crippen LogP contribution in [0, 0.1) is 11.8 Å². The summed E-state index contributed by atoms with van der Waals surface area (Å²) in [7, 11) is 3.52.